The van der Waals surface area contributed by atoms with Gasteiger partial charge < -0.3 is 20.9 Å². The van der Waals surface area contributed by atoms with Gasteiger partial charge in [0, 0.05) is 19.6 Å². The molecule has 0 amide bonds. The van der Waals surface area contributed by atoms with Gasteiger partial charge in [-0.25, -0.2) is 0 Å². The van der Waals surface area contributed by atoms with Crippen LogP contribution in [0.25, 0.3) is 11.1 Å². The number of aromatic nitrogens is 2. The number of benzene rings is 1. The molecule has 1 saturated heterocycles. The Hall–Kier alpha value is -2.38. The molecular weight excluding hydrogens is 294 g/mol. The maximum atomic E-state index is 6.03. The van der Waals surface area contributed by atoms with E-state index < -0.39 is 0 Å². The third-order valence-electron chi connectivity index (χ3n) is 3.73. The fourth-order valence-electron chi connectivity index (χ4n) is 2.55. The van der Waals surface area contributed by atoms with Crippen molar-refractivity contribution in [2.24, 2.45) is 0 Å². The van der Waals surface area contributed by atoms with Gasteiger partial charge in [-0.1, -0.05) is 30.3 Å². The van der Waals surface area contributed by atoms with E-state index in [9.17, 15) is 0 Å². The summed E-state index contributed by atoms with van der Waals surface area (Å²) in [6.07, 6.45) is 0. The lowest BCUT2D eigenvalue weighted by atomic mass is 10.1. The van der Waals surface area contributed by atoms with E-state index in [1.165, 1.54) is 0 Å². The minimum atomic E-state index is 0.114. The quantitative estimate of drug-likeness (QED) is 0.849. The van der Waals surface area contributed by atoms with Crippen LogP contribution in [0.3, 0.4) is 0 Å². The second-order valence-corrected chi connectivity index (χ2v) is 5.32. The van der Waals surface area contributed by atoms with Crippen LogP contribution >= 0.6 is 0 Å². The molecule has 122 valence electrons. The van der Waals surface area contributed by atoms with Crippen molar-refractivity contribution in [2.45, 2.75) is 0 Å². The van der Waals surface area contributed by atoms with Gasteiger partial charge in [0.25, 0.3) is 0 Å². The molecule has 0 saturated carbocycles. The Balaban J connectivity index is 1.75. The Morgan fingerprint density at radius 1 is 1.09 bits per heavy atom. The summed E-state index contributed by atoms with van der Waals surface area (Å²) >= 11 is 0. The normalized spacial score (nSPS) is 15.5. The van der Waals surface area contributed by atoms with Crippen LogP contribution in [0.15, 0.2) is 30.3 Å². The Bertz CT molecular complexity index is 644. The van der Waals surface area contributed by atoms with Gasteiger partial charge in [-0.05, 0) is 5.56 Å². The highest BCUT2D eigenvalue weighted by molar-refractivity contribution is 5.78. The number of nitrogen functional groups attached to an aromatic ring is 2. The lowest BCUT2D eigenvalue weighted by molar-refractivity contribution is 0.0320. The van der Waals surface area contributed by atoms with Crippen LogP contribution in [0.1, 0.15) is 0 Å². The van der Waals surface area contributed by atoms with Crippen LogP contribution in [-0.4, -0.2) is 54.3 Å². The summed E-state index contributed by atoms with van der Waals surface area (Å²) in [6.45, 7) is 4.69. The zero-order valence-electron chi connectivity index (χ0n) is 12.9. The second kappa shape index (κ2) is 7.26. The predicted molar refractivity (Wildman–Crippen MR) is 89.0 cm³/mol. The van der Waals surface area contributed by atoms with Gasteiger partial charge in [0.05, 0.1) is 18.8 Å². The number of morpholine rings is 1. The highest BCUT2D eigenvalue weighted by Crippen LogP contribution is 2.33. The van der Waals surface area contributed by atoms with Crippen molar-refractivity contribution < 1.29 is 9.47 Å². The van der Waals surface area contributed by atoms with Crippen molar-refractivity contribution in [2.75, 3.05) is 50.9 Å². The average molecular weight is 315 g/mol. The molecule has 4 N–H and O–H groups in total. The number of nitrogens with two attached hydrogens (primary N) is 2. The van der Waals surface area contributed by atoms with Crippen molar-refractivity contribution in [3.8, 4) is 17.0 Å². The highest BCUT2D eigenvalue weighted by atomic mass is 16.5. The molecule has 0 radical (unpaired) electrons. The van der Waals surface area contributed by atoms with Crippen molar-refractivity contribution >= 4 is 11.8 Å². The van der Waals surface area contributed by atoms with Crippen LogP contribution in [-0.2, 0) is 4.74 Å². The van der Waals surface area contributed by atoms with Gasteiger partial charge in [0.1, 0.15) is 12.4 Å². The molecule has 1 fully saturated rings. The van der Waals surface area contributed by atoms with Gasteiger partial charge in [0.15, 0.2) is 0 Å². The summed E-state index contributed by atoms with van der Waals surface area (Å²) in [4.78, 5) is 10.6. The zero-order chi connectivity index (χ0) is 16.1. The van der Waals surface area contributed by atoms with E-state index >= 15 is 0 Å². The van der Waals surface area contributed by atoms with Crippen LogP contribution in [0, 0.1) is 0 Å². The monoisotopic (exact) mass is 315 g/mol. The third-order valence-corrected chi connectivity index (χ3v) is 3.73. The molecule has 7 heteroatoms. The second-order valence-electron chi connectivity index (χ2n) is 5.32. The number of anilines is 2. The lowest BCUT2D eigenvalue weighted by Gasteiger charge is -2.26. The van der Waals surface area contributed by atoms with Crippen LogP contribution in [0.4, 0.5) is 11.8 Å². The fourth-order valence-corrected chi connectivity index (χ4v) is 2.55. The van der Waals surface area contributed by atoms with E-state index in [0.29, 0.717) is 23.9 Å². The van der Waals surface area contributed by atoms with E-state index in [1.54, 1.807) is 0 Å². The van der Waals surface area contributed by atoms with Gasteiger partial charge in [-0.3, -0.25) is 4.90 Å². The summed E-state index contributed by atoms with van der Waals surface area (Å²) in [5, 5.41) is 0. The molecule has 0 aliphatic carbocycles. The van der Waals surface area contributed by atoms with E-state index in [2.05, 4.69) is 14.9 Å². The SMILES string of the molecule is Nc1nc(N)c(-c2ccccc2)c(OCCN2CCOCC2)n1. The minimum absolute atomic E-state index is 0.114. The first-order valence-electron chi connectivity index (χ1n) is 7.65. The molecular formula is C16H21N5O2. The number of ether oxygens (including phenoxy) is 2. The van der Waals surface area contributed by atoms with E-state index in [-0.39, 0.29) is 5.95 Å². The Morgan fingerprint density at radius 3 is 2.57 bits per heavy atom. The number of hydrogen-bond acceptors (Lipinski definition) is 7. The van der Waals surface area contributed by atoms with Crippen LogP contribution in [0.2, 0.25) is 0 Å². The summed E-state index contributed by atoms with van der Waals surface area (Å²) < 4.78 is 11.2. The van der Waals surface area contributed by atoms with Gasteiger partial charge >= 0.3 is 0 Å². The van der Waals surface area contributed by atoms with Crippen molar-refractivity contribution in [3.63, 3.8) is 0 Å². The molecule has 1 aromatic carbocycles. The number of rotatable bonds is 5. The van der Waals surface area contributed by atoms with Gasteiger partial charge in [-0.15, -0.1) is 0 Å². The van der Waals surface area contributed by atoms with E-state index in [1.807, 2.05) is 30.3 Å². The van der Waals surface area contributed by atoms with Crippen molar-refractivity contribution in [1.82, 2.24) is 14.9 Å². The number of nitrogens with zero attached hydrogens (tertiary/aromatic N) is 3. The zero-order valence-corrected chi connectivity index (χ0v) is 12.9. The Morgan fingerprint density at radius 2 is 1.83 bits per heavy atom. The maximum absolute atomic E-state index is 6.03. The molecule has 7 nitrogen and oxygen atoms in total. The summed E-state index contributed by atoms with van der Waals surface area (Å²) in [7, 11) is 0. The first kappa shape index (κ1) is 15.5. The smallest absolute Gasteiger partial charge is 0.228 e. The van der Waals surface area contributed by atoms with E-state index in [4.69, 9.17) is 20.9 Å². The topological polar surface area (TPSA) is 99.5 Å². The Labute approximate surface area is 135 Å². The first-order chi connectivity index (χ1) is 11.2. The molecule has 0 atom stereocenters. The minimum Gasteiger partial charge on any atom is -0.476 e. The molecule has 0 unspecified atom stereocenters. The summed E-state index contributed by atoms with van der Waals surface area (Å²) in [5.74, 6) is 0.864. The molecule has 23 heavy (non-hydrogen) atoms. The Kier molecular flexibility index (Phi) is 4.89. The summed E-state index contributed by atoms with van der Waals surface area (Å²) in [6, 6.07) is 9.70. The third kappa shape index (κ3) is 3.88. The predicted octanol–water partition coefficient (Wildman–Crippen LogP) is 1.02. The first-order valence-corrected chi connectivity index (χ1v) is 7.65. The van der Waals surface area contributed by atoms with Gasteiger partial charge in [0.2, 0.25) is 11.8 Å². The largest absolute Gasteiger partial charge is 0.476 e. The highest BCUT2D eigenvalue weighted by Gasteiger charge is 2.16. The molecule has 2 aromatic rings. The number of hydrogen-bond donors (Lipinski definition) is 2. The standard InChI is InChI=1S/C16H21N5O2/c17-14-13(12-4-2-1-3-5-12)15(20-16(18)19-14)23-11-8-21-6-9-22-10-7-21/h1-5H,6-11H2,(H4,17,18,19,20). The van der Waals surface area contributed by atoms with Crippen LogP contribution < -0.4 is 16.2 Å². The summed E-state index contributed by atoms with van der Waals surface area (Å²) in [5.41, 5.74) is 13.3. The lowest BCUT2D eigenvalue weighted by Crippen LogP contribution is -2.38. The van der Waals surface area contributed by atoms with Crippen molar-refractivity contribution in [1.29, 1.82) is 0 Å². The average Bonchev–Trinajstić information content (AvgIpc) is 2.56. The van der Waals surface area contributed by atoms with E-state index in [0.717, 1.165) is 38.4 Å². The van der Waals surface area contributed by atoms with Crippen molar-refractivity contribution in [3.05, 3.63) is 30.3 Å². The molecule has 2 heterocycles. The fraction of sp³-hybridized carbons (Fsp3) is 0.375. The maximum Gasteiger partial charge on any atom is 0.228 e. The van der Waals surface area contributed by atoms with Gasteiger partial charge in [-0.2, -0.15) is 9.97 Å². The molecule has 3 rings (SSSR count). The molecule has 0 spiro atoms. The molecule has 0 bridgehead atoms. The van der Waals surface area contributed by atoms with Crippen LogP contribution in [0.5, 0.6) is 5.88 Å². The molecule has 1 aliphatic heterocycles. The molecule has 1 aromatic heterocycles. The molecule has 1 aliphatic rings.